The van der Waals surface area contributed by atoms with Gasteiger partial charge in [-0.05, 0) is 30.7 Å². The summed E-state index contributed by atoms with van der Waals surface area (Å²) in [5, 5.41) is 2.66. The molecule has 0 atom stereocenters. The quantitative estimate of drug-likeness (QED) is 0.728. The minimum absolute atomic E-state index is 0.0708. The normalized spacial score (nSPS) is 13.8. The van der Waals surface area contributed by atoms with Gasteiger partial charge in [0, 0.05) is 31.7 Å². The molecule has 31 heavy (non-hydrogen) atoms. The van der Waals surface area contributed by atoms with E-state index in [0.29, 0.717) is 49.7 Å². The number of nitrogens with zero attached hydrogens (tertiary/aromatic N) is 2. The molecule has 1 saturated heterocycles. The van der Waals surface area contributed by atoms with E-state index in [2.05, 4.69) is 5.32 Å². The molecule has 0 bridgehead atoms. The number of methoxy groups -OCH3 is 1. The van der Waals surface area contributed by atoms with E-state index in [1.54, 1.807) is 53.3 Å². The van der Waals surface area contributed by atoms with Gasteiger partial charge in [0.25, 0.3) is 11.8 Å². The fourth-order valence-corrected chi connectivity index (χ4v) is 3.34. The average molecular weight is 425 g/mol. The van der Waals surface area contributed by atoms with Crippen molar-refractivity contribution in [3.63, 3.8) is 0 Å². The highest BCUT2D eigenvalue weighted by atomic mass is 16.5. The zero-order valence-electron chi connectivity index (χ0n) is 17.6. The minimum Gasteiger partial charge on any atom is -0.493 e. The highest BCUT2D eigenvalue weighted by molar-refractivity contribution is 5.96. The van der Waals surface area contributed by atoms with Crippen LogP contribution in [0.15, 0.2) is 54.6 Å². The Hall–Kier alpha value is -3.55. The molecule has 0 saturated carbocycles. The number of amides is 3. The number of carbonyl (C=O) groups is 3. The van der Waals surface area contributed by atoms with Gasteiger partial charge < -0.3 is 24.6 Å². The van der Waals surface area contributed by atoms with Crippen molar-refractivity contribution in [3.8, 4) is 11.5 Å². The summed E-state index contributed by atoms with van der Waals surface area (Å²) in [4.78, 5) is 40.6. The Morgan fingerprint density at radius 3 is 2.13 bits per heavy atom. The van der Waals surface area contributed by atoms with Gasteiger partial charge in [-0.2, -0.15) is 0 Å². The molecule has 0 aromatic heterocycles. The topological polar surface area (TPSA) is 88.2 Å². The lowest BCUT2D eigenvalue weighted by molar-refractivity contribution is -0.134. The monoisotopic (exact) mass is 425 g/mol. The molecule has 8 nitrogen and oxygen atoms in total. The molecule has 1 aliphatic rings. The molecule has 1 aliphatic heterocycles. The summed E-state index contributed by atoms with van der Waals surface area (Å²) in [6.07, 6.45) is 0.665. The third-order valence-corrected chi connectivity index (χ3v) is 5.06. The lowest BCUT2D eigenvalue weighted by Crippen LogP contribution is -2.43. The summed E-state index contributed by atoms with van der Waals surface area (Å²) < 4.78 is 10.8. The van der Waals surface area contributed by atoms with Crippen LogP contribution in [0.4, 0.5) is 0 Å². The second-order valence-corrected chi connectivity index (χ2v) is 7.10. The molecule has 2 aromatic carbocycles. The van der Waals surface area contributed by atoms with Crippen molar-refractivity contribution in [2.24, 2.45) is 0 Å². The van der Waals surface area contributed by atoms with Crippen molar-refractivity contribution in [1.82, 2.24) is 15.1 Å². The van der Waals surface area contributed by atoms with E-state index in [0.717, 1.165) is 0 Å². The fraction of sp³-hybridized carbons (Fsp3) is 0.348. The van der Waals surface area contributed by atoms with Gasteiger partial charge in [-0.25, -0.2) is 0 Å². The van der Waals surface area contributed by atoms with E-state index in [4.69, 9.17) is 9.47 Å². The molecule has 8 heteroatoms. The third-order valence-electron chi connectivity index (χ3n) is 5.06. The van der Waals surface area contributed by atoms with E-state index in [-0.39, 0.29) is 30.9 Å². The molecule has 0 unspecified atom stereocenters. The van der Waals surface area contributed by atoms with E-state index >= 15 is 0 Å². The molecule has 1 fully saturated rings. The van der Waals surface area contributed by atoms with Crippen molar-refractivity contribution in [1.29, 1.82) is 0 Å². The second kappa shape index (κ2) is 11.0. The summed E-state index contributed by atoms with van der Waals surface area (Å²) in [5.41, 5.74) is 0.512. The zero-order chi connectivity index (χ0) is 22.1. The Morgan fingerprint density at radius 2 is 1.45 bits per heavy atom. The lowest BCUT2D eigenvalue weighted by Gasteiger charge is -2.22. The van der Waals surface area contributed by atoms with Crippen LogP contribution in [-0.2, 0) is 9.59 Å². The number of nitrogens with one attached hydrogen (secondary N) is 1. The first-order valence-electron chi connectivity index (χ1n) is 10.2. The standard InChI is InChI=1S/C23H27N3O5/c1-30-19-10-5-6-11-20(19)31-17-22(28)26-13-7-12-25(14-15-26)21(27)16-24-23(29)18-8-3-2-4-9-18/h2-6,8-11H,7,12-17H2,1H3,(H,24,29). The Labute approximate surface area is 181 Å². The summed E-state index contributed by atoms with van der Waals surface area (Å²) in [6.45, 7) is 1.76. The van der Waals surface area contributed by atoms with E-state index in [9.17, 15) is 14.4 Å². The minimum atomic E-state index is -0.283. The maximum atomic E-state index is 12.6. The van der Waals surface area contributed by atoms with Crippen molar-refractivity contribution in [3.05, 3.63) is 60.2 Å². The van der Waals surface area contributed by atoms with Gasteiger partial charge >= 0.3 is 0 Å². The highest BCUT2D eigenvalue weighted by Gasteiger charge is 2.23. The maximum absolute atomic E-state index is 12.6. The Morgan fingerprint density at radius 1 is 0.839 bits per heavy atom. The van der Waals surface area contributed by atoms with Gasteiger partial charge in [-0.1, -0.05) is 30.3 Å². The van der Waals surface area contributed by atoms with Gasteiger partial charge in [-0.3, -0.25) is 14.4 Å². The molecule has 3 rings (SSSR count). The lowest BCUT2D eigenvalue weighted by atomic mass is 10.2. The summed E-state index contributed by atoms with van der Waals surface area (Å²) in [5.74, 6) is 0.495. The first-order chi connectivity index (χ1) is 15.1. The fourth-order valence-electron chi connectivity index (χ4n) is 3.34. The van der Waals surface area contributed by atoms with Crippen LogP contribution in [0.1, 0.15) is 16.8 Å². The van der Waals surface area contributed by atoms with Gasteiger partial charge in [0.15, 0.2) is 18.1 Å². The molecule has 0 aliphatic carbocycles. The van der Waals surface area contributed by atoms with Crippen LogP contribution in [-0.4, -0.2) is 74.0 Å². The predicted octanol–water partition coefficient (Wildman–Crippen LogP) is 1.56. The van der Waals surface area contributed by atoms with Crippen LogP contribution in [0.5, 0.6) is 11.5 Å². The van der Waals surface area contributed by atoms with Crippen LogP contribution in [0.2, 0.25) is 0 Å². The molecule has 2 aromatic rings. The van der Waals surface area contributed by atoms with E-state index < -0.39 is 0 Å². The first kappa shape index (κ1) is 22.1. The number of ether oxygens (including phenoxy) is 2. The average Bonchev–Trinajstić information content (AvgIpc) is 3.08. The first-order valence-corrected chi connectivity index (χ1v) is 10.2. The van der Waals surface area contributed by atoms with Crippen molar-refractivity contribution in [2.75, 3.05) is 46.4 Å². The molecule has 0 spiro atoms. The van der Waals surface area contributed by atoms with Crippen molar-refractivity contribution < 1.29 is 23.9 Å². The summed E-state index contributed by atoms with van der Waals surface area (Å²) in [6, 6.07) is 15.9. The molecular formula is C23H27N3O5. The molecule has 3 amide bonds. The number of hydrogen-bond donors (Lipinski definition) is 1. The van der Waals surface area contributed by atoms with Crippen LogP contribution in [0.25, 0.3) is 0 Å². The number of hydrogen-bond acceptors (Lipinski definition) is 5. The summed E-state index contributed by atoms with van der Waals surface area (Å²) >= 11 is 0. The smallest absolute Gasteiger partial charge is 0.260 e. The number of rotatable bonds is 7. The van der Waals surface area contributed by atoms with Crippen LogP contribution < -0.4 is 14.8 Å². The van der Waals surface area contributed by atoms with E-state index in [1.165, 1.54) is 0 Å². The van der Waals surface area contributed by atoms with Crippen LogP contribution in [0.3, 0.4) is 0 Å². The zero-order valence-corrected chi connectivity index (χ0v) is 17.6. The van der Waals surface area contributed by atoms with Crippen LogP contribution in [0, 0.1) is 0 Å². The maximum Gasteiger partial charge on any atom is 0.260 e. The molecule has 0 radical (unpaired) electrons. The number of benzene rings is 2. The third kappa shape index (κ3) is 6.21. The molecule has 1 heterocycles. The second-order valence-electron chi connectivity index (χ2n) is 7.10. The highest BCUT2D eigenvalue weighted by Crippen LogP contribution is 2.25. The molecule has 164 valence electrons. The number of carbonyl (C=O) groups excluding carboxylic acids is 3. The van der Waals surface area contributed by atoms with Crippen LogP contribution >= 0.6 is 0 Å². The Kier molecular flexibility index (Phi) is 7.86. The van der Waals surface area contributed by atoms with E-state index in [1.807, 2.05) is 18.2 Å². The molecular weight excluding hydrogens is 398 g/mol. The van der Waals surface area contributed by atoms with Gasteiger partial charge in [-0.15, -0.1) is 0 Å². The molecule has 1 N–H and O–H groups in total. The summed E-state index contributed by atoms with van der Waals surface area (Å²) in [7, 11) is 1.55. The SMILES string of the molecule is COc1ccccc1OCC(=O)N1CCCN(C(=O)CNC(=O)c2ccccc2)CC1. The Bertz CT molecular complexity index is 903. The van der Waals surface area contributed by atoms with Crippen molar-refractivity contribution in [2.45, 2.75) is 6.42 Å². The van der Waals surface area contributed by atoms with Gasteiger partial charge in [0.2, 0.25) is 5.91 Å². The predicted molar refractivity (Wildman–Crippen MR) is 115 cm³/mol. The van der Waals surface area contributed by atoms with Gasteiger partial charge in [0.1, 0.15) is 0 Å². The van der Waals surface area contributed by atoms with Crippen molar-refractivity contribution >= 4 is 17.7 Å². The van der Waals surface area contributed by atoms with Gasteiger partial charge in [0.05, 0.1) is 13.7 Å². The Balaban J connectivity index is 1.45. The largest absolute Gasteiger partial charge is 0.493 e. The number of para-hydroxylation sites is 2.